The number of carbonyl (C=O) groups excluding carboxylic acids is 1. The number of rotatable bonds is 14. The fraction of sp³-hybridized carbons (Fsp3) is 0.500. The number of aliphatic carboxylic acids is 1. The third-order valence-electron chi connectivity index (χ3n) is 6.51. The van der Waals surface area contributed by atoms with E-state index in [0.717, 1.165) is 12.0 Å². The second kappa shape index (κ2) is 14.3. The third-order valence-corrected chi connectivity index (χ3v) is 6.51. The standard InChI is InChI=1S/C28H38N2O6/c1-3-35-26(27(31)32)19-22-11-13-24(14-12-22)36-18-17-30(16-15-21-7-4-5-8-21)28(33)29-23-9-6-10-25(20-23)34-2/h6,9-14,20-21,26H,3-5,7-8,15-19H2,1-2H3,(H,29,33)(H,31,32). The Bertz CT molecular complexity index is 959. The largest absolute Gasteiger partial charge is 0.497 e. The molecule has 1 fully saturated rings. The highest BCUT2D eigenvalue weighted by molar-refractivity contribution is 5.89. The Morgan fingerprint density at radius 2 is 1.83 bits per heavy atom. The SMILES string of the molecule is CCOC(Cc1ccc(OCCN(CCC2CCCC2)C(=O)Nc2cccc(OC)c2)cc1)C(=O)O. The van der Waals surface area contributed by atoms with Crippen molar-refractivity contribution >= 4 is 17.7 Å². The Morgan fingerprint density at radius 3 is 2.50 bits per heavy atom. The van der Waals surface area contributed by atoms with Crippen LogP contribution in [0.1, 0.15) is 44.6 Å². The normalized spacial score (nSPS) is 14.3. The van der Waals surface area contributed by atoms with Crippen LogP contribution in [0.15, 0.2) is 48.5 Å². The van der Waals surface area contributed by atoms with Crippen LogP contribution < -0.4 is 14.8 Å². The van der Waals surface area contributed by atoms with Crippen LogP contribution in [0.3, 0.4) is 0 Å². The Morgan fingerprint density at radius 1 is 1.08 bits per heavy atom. The first kappa shape index (κ1) is 27.3. The summed E-state index contributed by atoms with van der Waals surface area (Å²) < 4.78 is 16.5. The smallest absolute Gasteiger partial charge is 0.333 e. The summed E-state index contributed by atoms with van der Waals surface area (Å²) in [7, 11) is 1.60. The summed E-state index contributed by atoms with van der Waals surface area (Å²) in [6.07, 6.45) is 5.45. The number of nitrogens with zero attached hydrogens (tertiary/aromatic N) is 1. The molecule has 2 N–H and O–H groups in total. The van der Waals surface area contributed by atoms with Crippen LogP contribution in [0.4, 0.5) is 10.5 Å². The maximum absolute atomic E-state index is 13.1. The first-order chi connectivity index (χ1) is 17.5. The average molecular weight is 499 g/mol. The zero-order valence-corrected chi connectivity index (χ0v) is 21.3. The topological polar surface area (TPSA) is 97.3 Å². The molecule has 8 heteroatoms. The summed E-state index contributed by atoms with van der Waals surface area (Å²) in [5.41, 5.74) is 1.55. The zero-order chi connectivity index (χ0) is 25.8. The van der Waals surface area contributed by atoms with Gasteiger partial charge in [0.05, 0.1) is 13.7 Å². The van der Waals surface area contributed by atoms with Gasteiger partial charge in [0, 0.05) is 31.3 Å². The maximum atomic E-state index is 13.1. The van der Waals surface area contributed by atoms with Gasteiger partial charge in [0.1, 0.15) is 18.1 Å². The number of anilines is 1. The van der Waals surface area contributed by atoms with E-state index in [4.69, 9.17) is 14.2 Å². The minimum atomic E-state index is -0.970. The second-order valence-electron chi connectivity index (χ2n) is 9.07. The highest BCUT2D eigenvalue weighted by Crippen LogP contribution is 2.28. The Balaban J connectivity index is 1.54. The lowest BCUT2D eigenvalue weighted by Gasteiger charge is -2.25. The molecular formula is C28H38N2O6. The highest BCUT2D eigenvalue weighted by atomic mass is 16.5. The molecule has 0 aromatic heterocycles. The summed E-state index contributed by atoms with van der Waals surface area (Å²) in [5, 5.41) is 12.2. The third kappa shape index (κ3) is 8.75. The number of amides is 2. The number of carbonyl (C=O) groups is 2. The van der Waals surface area contributed by atoms with Gasteiger partial charge in [-0.2, -0.15) is 0 Å². The summed E-state index contributed by atoms with van der Waals surface area (Å²) in [6.45, 7) is 3.61. The Hall–Kier alpha value is -3.26. The van der Waals surface area contributed by atoms with Gasteiger partial charge in [-0.15, -0.1) is 0 Å². The van der Waals surface area contributed by atoms with Crippen molar-refractivity contribution in [3.63, 3.8) is 0 Å². The van der Waals surface area contributed by atoms with Crippen LogP contribution in [0.2, 0.25) is 0 Å². The van der Waals surface area contributed by atoms with Crippen LogP contribution >= 0.6 is 0 Å². The molecule has 1 unspecified atom stereocenters. The number of carboxylic acid groups (broad SMARTS) is 1. The molecule has 0 radical (unpaired) electrons. The predicted octanol–water partition coefficient (Wildman–Crippen LogP) is 5.22. The number of methoxy groups -OCH3 is 1. The highest BCUT2D eigenvalue weighted by Gasteiger charge is 2.20. The van der Waals surface area contributed by atoms with E-state index in [2.05, 4.69) is 5.32 Å². The first-order valence-electron chi connectivity index (χ1n) is 12.7. The summed E-state index contributed by atoms with van der Waals surface area (Å²) in [5.74, 6) is 1.07. The molecule has 36 heavy (non-hydrogen) atoms. The molecule has 1 saturated carbocycles. The van der Waals surface area contributed by atoms with Crippen molar-refractivity contribution in [1.29, 1.82) is 0 Å². The number of hydrogen-bond donors (Lipinski definition) is 2. The molecule has 0 bridgehead atoms. The summed E-state index contributed by atoms with van der Waals surface area (Å²) in [4.78, 5) is 26.2. The van der Waals surface area contributed by atoms with Gasteiger partial charge < -0.3 is 29.5 Å². The van der Waals surface area contributed by atoms with Crippen LogP contribution in [0.5, 0.6) is 11.5 Å². The van der Waals surface area contributed by atoms with Crippen molar-refractivity contribution in [2.45, 2.75) is 51.6 Å². The molecule has 1 aliphatic rings. The van der Waals surface area contributed by atoms with Crippen LogP contribution in [-0.4, -0.2) is 61.5 Å². The van der Waals surface area contributed by atoms with Crippen molar-refractivity contribution in [2.24, 2.45) is 5.92 Å². The molecule has 2 aromatic carbocycles. The average Bonchev–Trinajstić information content (AvgIpc) is 3.40. The molecule has 0 heterocycles. The fourth-order valence-electron chi connectivity index (χ4n) is 4.48. The number of hydrogen-bond acceptors (Lipinski definition) is 5. The van der Waals surface area contributed by atoms with Gasteiger partial charge >= 0.3 is 12.0 Å². The van der Waals surface area contributed by atoms with Crippen molar-refractivity contribution in [3.05, 3.63) is 54.1 Å². The van der Waals surface area contributed by atoms with Crippen molar-refractivity contribution in [1.82, 2.24) is 4.90 Å². The number of urea groups is 1. The fourth-order valence-corrected chi connectivity index (χ4v) is 4.48. The van der Waals surface area contributed by atoms with E-state index >= 15 is 0 Å². The lowest BCUT2D eigenvalue weighted by molar-refractivity contribution is -0.149. The number of carboxylic acids is 1. The number of benzene rings is 2. The monoisotopic (exact) mass is 498 g/mol. The molecule has 0 saturated heterocycles. The van der Waals surface area contributed by atoms with Crippen LogP contribution in [0.25, 0.3) is 0 Å². The molecule has 3 rings (SSSR count). The molecule has 0 aliphatic heterocycles. The van der Waals surface area contributed by atoms with Crippen LogP contribution in [-0.2, 0) is 16.0 Å². The Labute approximate surface area is 213 Å². The van der Waals surface area contributed by atoms with E-state index in [1.54, 1.807) is 20.1 Å². The minimum Gasteiger partial charge on any atom is -0.497 e. The van der Waals surface area contributed by atoms with Gasteiger partial charge in [-0.25, -0.2) is 9.59 Å². The lowest BCUT2D eigenvalue weighted by atomic mass is 10.0. The van der Waals surface area contributed by atoms with E-state index in [9.17, 15) is 14.7 Å². The number of nitrogens with one attached hydrogen (secondary N) is 1. The summed E-state index contributed by atoms with van der Waals surface area (Å²) in [6, 6.07) is 14.5. The van der Waals surface area contributed by atoms with E-state index in [1.807, 2.05) is 47.4 Å². The van der Waals surface area contributed by atoms with Crippen molar-refractivity contribution in [3.8, 4) is 11.5 Å². The molecule has 1 aliphatic carbocycles. The molecule has 8 nitrogen and oxygen atoms in total. The first-order valence-corrected chi connectivity index (χ1v) is 12.7. The van der Waals surface area contributed by atoms with E-state index in [1.165, 1.54) is 25.7 Å². The van der Waals surface area contributed by atoms with Gasteiger partial charge in [0.25, 0.3) is 0 Å². The van der Waals surface area contributed by atoms with Gasteiger partial charge in [-0.1, -0.05) is 43.9 Å². The van der Waals surface area contributed by atoms with Gasteiger partial charge in [0.15, 0.2) is 6.10 Å². The molecule has 1 atom stereocenters. The second-order valence-corrected chi connectivity index (χ2v) is 9.07. The predicted molar refractivity (Wildman–Crippen MR) is 139 cm³/mol. The quantitative estimate of drug-likeness (QED) is 0.371. The van der Waals surface area contributed by atoms with E-state index in [-0.39, 0.29) is 6.03 Å². The number of ether oxygens (including phenoxy) is 3. The zero-order valence-electron chi connectivity index (χ0n) is 21.3. The molecular weight excluding hydrogens is 460 g/mol. The molecule has 0 spiro atoms. The molecule has 2 amide bonds. The van der Waals surface area contributed by atoms with E-state index in [0.29, 0.717) is 55.8 Å². The minimum absolute atomic E-state index is 0.157. The molecule has 2 aromatic rings. The van der Waals surface area contributed by atoms with Gasteiger partial charge in [0.2, 0.25) is 0 Å². The van der Waals surface area contributed by atoms with Crippen LogP contribution in [0, 0.1) is 5.92 Å². The maximum Gasteiger partial charge on any atom is 0.333 e. The van der Waals surface area contributed by atoms with Crippen molar-refractivity contribution in [2.75, 3.05) is 38.7 Å². The lowest BCUT2D eigenvalue weighted by Crippen LogP contribution is -2.39. The molecule has 196 valence electrons. The summed E-state index contributed by atoms with van der Waals surface area (Å²) >= 11 is 0. The van der Waals surface area contributed by atoms with Gasteiger partial charge in [-0.3, -0.25) is 0 Å². The van der Waals surface area contributed by atoms with Crippen molar-refractivity contribution < 1.29 is 28.9 Å². The Kier molecular flexibility index (Phi) is 10.9. The van der Waals surface area contributed by atoms with E-state index < -0.39 is 12.1 Å². The van der Waals surface area contributed by atoms with Gasteiger partial charge in [-0.05, 0) is 49.1 Å².